The molecule has 2 heterocycles. The molecular formula is C13H20N4O. The Morgan fingerprint density at radius 1 is 1.39 bits per heavy atom. The van der Waals surface area contributed by atoms with Gasteiger partial charge in [-0.05, 0) is 31.4 Å². The molecule has 5 heteroatoms. The summed E-state index contributed by atoms with van der Waals surface area (Å²) in [5.41, 5.74) is 0. The fourth-order valence-electron chi connectivity index (χ4n) is 2.37. The Kier molecular flexibility index (Phi) is 4.02. The molecule has 1 aromatic heterocycles. The fourth-order valence-corrected chi connectivity index (χ4v) is 2.37. The summed E-state index contributed by atoms with van der Waals surface area (Å²) in [6.45, 7) is 0.887. The van der Waals surface area contributed by atoms with Gasteiger partial charge in [-0.1, -0.05) is 6.07 Å². The third kappa shape index (κ3) is 2.55. The highest BCUT2D eigenvalue weighted by atomic mass is 16.2. The zero-order chi connectivity index (χ0) is 13.0. The number of hydrogen-bond donors (Lipinski definition) is 2. The van der Waals surface area contributed by atoms with Crippen molar-refractivity contribution in [3.05, 3.63) is 18.2 Å². The molecule has 0 spiro atoms. The van der Waals surface area contributed by atoms with E-state index in [1.165, 1.54) is 0 Å². The van der Waals surface area contributed by atoms with Gasteiger partial charge in [0.2, 0.25) is 5.91 Å². The maximum atomic E-state index is 11.9. The lowest BCUT2D eigenvalue weighted by molar-refractivity contribution is -0.122. The number of aromatic nitrogens is 1. The molecule has 18 heavy (non-hydrogen) atoms. The van der Waals surface area contributed by atoms with Crippen molar-refractivity contribution in [2.24, 2.45) is 0 Å². The average molecular weight is 248 g/mol. The molecule has 0 aliphatic carbocycles. The third-order valence-corrected chi connectivity index (χ3v) is 3.34. The van der Waals surface area contributed by atoms with Gasteiger partial charge >= 0.3 is 0 Å². The largest absolute Gasteiger partial charge is 0.373 e. The minimum atomic E-state index is -0.0941. The molecule has 0 radical (unpaired) electrons. The number of hydrogen-bond acceptors (Lipinski definition) is 4. The van der Waals surface area contributed by atoms with E-state index >= 15 is 0 Å². The highest BCUT2D eigenvalue weighted by Gasteiger charge is 2.28. The van der Waals surface area contributed by atoms with Crippen LogP contribution < -0.4 is 15.5 Å². The van der Waals surface area contributed by atoms with Crippen molar-refractivity contribution in [1.82, 2.24) is 10.3 Å². The molecule has 1 atom stereocenters. The number of nitrogens with zero attached hydrogens (tertiary/aromatic N) is 2. The van der Waals surface area contributed by atoms with Crippen LogP contribution in [0.4, 0.5) is 11.6 Å². The minimum absolute atomic E-state index is 0.0753. The van der Waals surface area contributed by atoms with Crippen molar-refractivity contribution in [3.63, 3.8) is 0 Å². The first-order valence-corrected chi connectivity index (χ1v) is 6.39. The lowest BCUT2D eigenvalue weighted by Gasteiger charge is -2.35. The number of amides is 1. The van der Waals surface area contributed by atoms with Gasteiger partial charge in [-0.3, -0.25) is 4.79 Å². The molecule has 2 N–H and O–H groups in total. The number of anilines is 2. The summed E-state index contributed by atoms with van der Waals surface area (Å²) in [5, 5.41) is 5.77. The summed E-state index contributed by atoms with van der Waals surface area (Å²) in [7, 11) is 3.53. The fraction of sp³-hybridized carbons (Fsp3) is 0.538. The summed E-state index contributed by atoms with van der Waals surface area (Å²) < 4.78 is 0. The van der Waals surface area contributed by atoms with E-state index in [9.17, 15) is 4.79 Å². The Morgan fingerprint density at radius 3 is 2.94 bits per heavy atom. The van der Waals surface area contributed by atoms with Crippen LogP contribution in [0.15, 0.2) is 18.2 Å². The van der Waals surface area contributed by atoms with Gasteiger partial charge in [0.05, 0.1) is 0 Å². The summed E-state index contributed by atoms with van der Waals surface area (Å²) in [5.74, 6) is 1.77. The second-order valence-corrected chi connectivity index (χ2v) is 4.45. The van der Waals surface area contributed by atoms with E-state index < -0.39 is 0 Å². The van der Waals surface area contributed by atoms with Crippen molar-refractivity contribution in [3.8, 4) is 0 Å². The van der Waals surface area contributed by atoms with Crippen LogP contribution in [0.3, 0.4) is 0 Å². The quantitative estimate of drug-likeness (QED) is 0.844. The number of pyridine rings is 1. The molecule has 0 saturated carbocycles. The molecule has 1 saturated heterocycles. The first-order chi connectivity index (χ1) is 8.76. The Morgan fingerprint density at radius 2 is 2.22 bits per heavy atom. The van der Waals surface area contributed by atoms with E-state index in [4.69, 9.17) is 0 Å². The first kappa shape index (κ1) is 12.7. The maximum absolute atomic E-state index is 11.9. The number of likely N-dealkylation sites (N-methyl/N-ethyl adjacent to an activating group) is 1. The van der Waals surface area contributed by atoms with Crippen LogP contribution >= 0.6 is 0 Å². The lowest BCUT2D eigenvalue weighted by Crippen LogP contribution is -2.49. The Labute approximate surface area is 108 Å². The number of nitrogens with one attached hydrogen (secondary N) is 2. The van der Waals surface area contributed by atoms with E-state index in [2.05, 4.69) is 20.5 Å². The topological polar surface area (TPSA) is 57.3 Å². The summed E-state index contributed by atoms with van der Waals surface area (Å²) >= 11 is 0. The third-order valence-electron chi connectivity index (χ3n) is 3.34. The van der Waals surface area contributed by atoms with Gasteiger partial charge in [0, 0.05) is 20.6 Å². The molecular weight excluding hydrogens is 228 g/mol. The van der Waals surface area contributed by atoms with Gasteiger partial charge in [-0.15, -0.1) is 0 Å². The number of carbonyl (C=O) groups excluding carboxylic acids is 1. The summed E-state index contributed by atoms with van der Waals surface area (Å²) in [6, 6.07) is 5.75. The molecule has 1 aromatic rings. The van der Waals surface area contributed by atoms with Gasteiger partial charge in [-0.2, -0.15) is 0 Å². The van der Waals surface area contributed by atoms with Gasteiger partial charge in [0.1, 0.15) is 17.7 Å². The highest BCUT2D eigenvalue weighted by molar-refractivity contribution is 5.85. The molecule has 0 aromatic carbocycles. The summed E-state index contributed by atoms with van der Waals surface area (Å²) in [4.78, 5) is 18.5. The average Bonchev–Trinajstić information content (AvgIpc) is 2.46. The van der Waals surface area contributed by atoms with Crippen LogP contribution in [-0.4, -0.2) is 37.6 Å². The summed E-state index contributed by atoms with van der Waals surface area (Å²) in [6.07, 6.45) is 3.10. The van der Waals surface area contributed by atoms with Gasteiger partial charge < -0.3 is 15.5 Å². The Balaban J connectivity index is 2.24. The zero-order valence-corrected chi connectivity index (χ0v) is 10.9. The smallest absolute Gasteiger partial charge is 0.242 e. The van der Waals surface area contributed by atoms with Crippen LogP contribution in [-0.2, 0) is 4.79 Å². The van der Waals surface area contributed by atoms with E-state index in [1.807, 2.05) is 25.2 Å². The number of rotatable bonds is 3. The molecule has 98 valence electrons. The normalized spacial score (nSPS) is 19.4. The van der Waals surface area contributed by atoms with Crippen LogP contribution in [0, 0.1) is 0 Å². The van der Waals surface area contributed by atoms with Crippen molar-refractivity contribution in [2.75, 3.05) is 30.9 Å². The molecule has 2 rings (SSSR count). The molecule has 5 nitrogen and oxygen atoms in total. The first-order valence-electron chi connectivity index (χ1n) is 6.39. The van der Waals surface area contributed by atoms with Crippen LogP contribution in [0.5, 0.6) is 0 Å². The molecule has 1 aliphatic heterocycles. The van der Waals surface area contributed by atoms with Gasteiger partial charge in [-0.25, -0.2) is 4.98 Å². The van der Waals surface area contributed by atoms with E-state index in [1.54, 1.807) is 7.05 Å². The predicted octanol–water partition coefficient (Wildman–Crippen LogP) is 1.23. The standard InChI is InChI=1S/C13H20N4O/c1-14-11-7-5-8-12(16-11)17-9-4-3-6-10(17)13(18)15-2/h5,7-8,10H,3-4,6,9H2,1-2H3,(H,14,16)(H,15,18). The second-order valence-electron chi connectivity index (χ2n) is 4.45. The van der Waals surface area contributed by atoms with E-state index in [-0.39, 0.29) is 11.9 Å². The van der Waals surface area contributed by atoms with Crippen molar-refractivity contribution < 1.29 is 4.79 Å². The number of carbonyl (C=O) groups is 1. The molecule has 0 bridgehead atoms. The SMILES string of the molecule is CNC(=O)C1CCCCN1c1cccc(NC)n1. The molecule has 1 unspecified atom stereocenters. The maximum Gasteiger partial charge on any atom is 0.242 e. The minimum Gasteiger partial charge on any atom is -0.373 e. The zero-order valence-electron chi connectivity index (χ0n) is 10.9. The number of piperidine rings is 1. The van der Waals surface area contributed by atoms with Crippen molar-refractivity contribution in [2.45, 2.75) is 25.3 Å². The highest BCUT2D eigenvalue weighted by Crippen LogP contribution is 2.24. The monoisotopic (exact) mass is 248 g/mol. The van der Waals surface area contributed by atoms with Crippen molar-refractivity contribution in [1.29, 1.82) is 0 Å². The van der Waals surface area contributed by atoms with E-state index in [0.717, 1.165) is 37.4 Å². The van der Waals surface area contributed by atoms with Gasteiger partial charge in [0.25, 0.3) is 0 Å². The molecule has 1 amide bonds. The molecule has 1 aliphatic rings. The predicted molar refractivity (Wildman–Crippen MR) is 72.8 cm³/mol. The van der Waals surface area contributed by atoms with Crippen LogP contribution in [0.2, 0.25) is 0 Å². The van der Waals surface area contributed by atoms with Crippen LogP contribution in [0.25, 0.3) is 0 Å². The Hall–Kier alpha value is -1.78. The lowest BCUT2D eigenvalue weighted by atomic mass is 10.0. The van der Waals surface area contributed by atoms with Gasteiger partial charge in [0.15, 0.2) is 0 Å². The van der Waals surface area contributed by atoms with Crippen LogP contribution in [0.1, 0.15) is 19.3 Å². The Bertz CT molecular complexity index is 421. The molecule has 1 fully saturated rings. The van der Waals surface area contributed by atoms with Crippen molar-refractivity contribution >= 4 is 17.5 Å². The van der Waals surface area contributed by atoms with E-state index in [0.29, 0.717) is 0 Å². The second kappa shape index (κ2) is 5.71.